The summed E-state index contributed by atoms with van der Waals surface area (Å²) in [4.78, 5) is 11.3. The van der Waals surface area contributed by atoms with Crippen LogP contribution >= 0.6 is 0 Å². The fourth-order valence-corrected chi connectivity index (χ4v) is 5.85. The normalized spacial score (nSPS) is 30.5. The molecule has 0 amide bonds. The lowest BCUT2D eigenvalue weighted by Crippen LogP contribution is -2.36. The van der Waals surface area contributed by atoms with E-state index in [0.29, 0.717) is 17.4 Å². The van der Waals surface area contributed by atoms with Crippen molar-refractivity contribution in [3.8, 4) is 0 Å². The van der Waals surface area contributed by atoms with Gasteiger partial charge < -0.3 is 15.2 Å². The first kappa shape index (κ1) is 17.6. The van der Waals surface area contributed by atoms with Crippen molar-refractivity contribution >= 4 is 11.7 Å². The predicted molar refractivity (Wildman–Crippen MR) is 95.6 cm³/mol. The summed E-state index contributed by atoms with van der Waals surface area (Å²) in [5, 5.41) is 14.8. The highest BCUT2D eigenvalue weighted by atomic mass is 19.4. The summed E-state index contributed by atoms with van der Waals surface area (Å²) >= 11 is 0. The quantitative estimate of drug-likeness (QED) is 0.834. The van der Waals surface area contributed by atoms with Crippen LogP contribution in [0.5, 0.6) is 0 Å². The van der Waals surface area contributed by atoms with Crippen molar-refractivity contribution in [2.45, 2.75) is 37.4 Å². The fourth-order valence-electron chi connectivity index (χ4n) is 5.85. The van der Waals surface area contributed by atoms with Gasteiger partial charge in [0.05, 0.1) is 17.6 Å². The molecule has 2 aliphatic carbocycles. The number of halogens is 3. The van der Waals surface area contributed by atoms with Crippen LogP contribution < -0.4 is 10.4 Å². The predicted octanol–water partition coefficient (Wildman–Crippen LogP) is 4.37. The molecule has 146 valence electrons. The van der Waals surface area contributed by atoms with Gasteiger partial charge in [0.1, 0.15) is 0 Å². The lowest BCUT2D eigenvalue weighted by Gasteiger charge is -2.44. The second-order valence-corrected chi connectivity index (χ2v) is 8.27. The van der Waals surface area contributed by atoms with E-state index in [-0.39, 0.29) is 23.4 Å². The number of fused-ring (bicyclic) bond motifs is 7. The maximum Gasteiger partial charge on any atom is 0.416 e. The van der Waals surface area contributed by atoms with Gasteiger partial charge >= 0.3 is 6.18 Å². The standard InChI is InChI=1S/C22H20F3NO2/c23-22(24,25)15-3-1-2-13(9-15)20-19-12-5-4-11(8-12)18(19)16-10-14(21(27)28)6-7-17(16)26-20/h1-3,6-7,9-12,18-20,26H,4-5,8H2,(H,27,28)/p-1/t11-,12-,18+,19-,20+/m0/s1. The molecule has 1 heterocycles. The van der Waals surface area contributed by atoms with Gasteiger partial charge in [0.15, 0.2) is 0 Å². The van der Waals surface area contributed by atoms with Crippen LogP contribution in [0.2, 0.25) is 0 Å². The van der Waals surface area contributed by atoms with Crippen LogP contribution in [0, 0.1) is 17.8 Å². The SMILES string of the molecule is O=C([O-])c1ccc2c(c1)[C@H]1[C@H]3CC[C@@H](C3)[C@@H]1[C@@H](c1cccc(C(F)(F)F)c1)N2. The Morgan fingerprint density at radius 1 is 1.07 bits per heavy atom. The van der Waals surface area contributed by atoms with Crippen LogP contribution in [0.3, 0.4) is 0 Å². The third-order valence-electron chi connectivity index (χ3n) is 6.90. The van der Waals surface area contributed by atoms with E-state index in [1.54, 1.807) is 18.2 Å². The van der Waals surface area contributed by atoms with Crippen molar-refractivity contribution in [3.05, 3.63) is 64.7 Å². The highest BCUT2D eigenvalue weighted by Crippen LogP contribution is 2.63. The summed E-state index contributed by atoms with van der Waals surface area (Å²) in [5.74, 6) is 0.0473. The third-order valence-corrected chi connectivity index (χ3v) is 6.90. The monoisotopic (exact) mass is 386 g/mol. The first-order valence-corrected chi connectivity index (χ1v) is 9.62. The summed E-state index contributed by atoms with van der Waals surface area (Å²) in [7, 11) is 0. The number of alkyl halides is 3. The molecule has 2 fully saturated rings. The number of benzene rings is 2. The van der Waals surface area contributed by atoms with E-state index in [4.69, 9.17) is 0 Å². The number of carbonyl (C=O) groups excluding carboxylic acids is 1. The van der Waals surface area contributed by atoms with Crippen LogP contribution in [-0.4, -0.2) is 5.97 Å². The zero-order valence-corrected chi connectivity index (χ0v) is 15.0. The van der Waals surface area contributed by atoms with E-state index in [2.05, 4.69) is 5.32 Å². The molecule has 5 atom stereocenters. The molecular weight excluding hydrogens is 367 g/mol. The fraction of sp³-hybridized carbons (Fsp3) is 0.409. The molecule has 0 saturated heterocycles. The van der Waals surface area contributed by atoms with Gasteiger partial charge in [-0.25, -0.2) is 0 Å². The van der Waals surface area contributed by atoms with Crippen molar-refractivity contribution in [2.75, 3.05) is 5.32 Å². The third kappa shape index (κ3) is 2.61. The van der Waals surface area contributed by atoms with E-state index >= 15 is 0 Å². The van der Waals surface area contributed by atoms with Crippen molar-refractivity contribution in [1.29, 1.82) is 0 Å². The molecular formula is C22H19F3NO2-. The van der Waals surface area contributed by atoms with Crippen LogP contribution in [0.1, 0.15) is 58.3 Å². The molecule has 2 saturated carbocycles. The number of carboxylic acid groups (broad SMARTS) is 1. The molecule has 5 rings (SSSR count). The van der Waals surface area contributed by atoms with Gasteiger partial charge in [0, 0.05) is 5.69 Å². The Morgan fingerprint density at radius 2 is 1.86 bits per heavy atom. The maximum absolute atomic E-state index is 13.2. The molecule has 2 aromatic rings. The second kappa shape index (κ2) is 6.00. The van der Waals surface area contributed by atoms with Crippen LogP contribution in [0.4, 0.5) is 18.9 Å². The summed E-state index contributed by atoms with van der Waals surface area (Å²) in [6.07, 6.45) is -1.14. The molecule has 0 unspecified atom stereocenters. The van der Waals surface area contributed by atoms with Gasteiger partial charge in [0.25, 0.3) is 0 Å². The van der Waals surface area contributed by atoms with E-state index in [1.807, 2.05) is 0 Å². The summed E-state index contributed by atoms with van der Waals surface area (Å²) in [6.45, 7) is 0. The Labute approximate surface area is 160 Å². The van der Waals surface area contributed by atoms with Gasteiger partial charge in [0.2, 0.25) is 0 Å². The lowest BCUT2D eigenvalue weighted by atomic mass is 9.68. The molecule has 0 aromatic heterocycles. The number of rotatable bonds is 2. The Morgan fingerprint density at radius 3 is 2.61 bits per heavy atom. The topological polar surface area (TPSA) is 52.2 Å². The number of anilines is 1. The molecule has 0 radical (unpaired) electrons. The van der Waals surface area contributed by atoms with Crippen LogP contribution in [0.25, 0.3) is 0 Å². The largest absolute Gasteiger partial charge is 0.545 e. The molecule has 1 aliphatic heterocycles. The summed E-state index contributed by atoms with van der Waals surface area (Å²) in [5.41, 5.74) is 1.96. The van der Waals surface area contributed by atoms with Gasteiger partial charge in [-0.3, -0.25) is 0 Å². The maximum atomic E-state index is 13.2. The van der Waals surface area contributed by atoms with Gasteiger partial charge in [-0.2, -0.15) is 13.2 Å². The van der Waals surface area contributed by atoms with Gasteiger partial charge in [-0.1, -0.05) is 18.2 Å². The number of nitrogens with one attached hydrogen (secondary N) is 1. The number of hydrogen-bond donors (Lipinski definition) is 1. The average Bonchev–Trinajstić information content (AvgIpc) is 3.29. The number of hydrogen-bond acceptors (Lipinski definition) is 3. The number of carboxylic acids is 1. The minimum Gasteiger partial charge on any atom is -0.545 e. The van der Waals surface area contributed by atoms with Gasteiger partial charge in [-0.05, 0) is 83.9 Å². The summed E-state index contributed by atoms with van der Waals surface area (Å²) in [6, 6.07) is 10.3. The van der Waals surface area contributed by atoms with Crippen molar-refractivity contribution in [2.24, 2.45) is 17.8 Å². The molecule has 3 nitrogen and oxygen atoms in total. The van der Waals surface area contributed by atoms with E-state index < -0.39 is 17.7 Å². The Kier molecular flexibility index (Phi) is 3.77. The lowest BCUT2D eigenvalue weighted by molar-refractivity contribution is -0.255. The van der Waals surface area contributed by atoms with Crippen molar-refractivity contribution < 1.29 is 23.1 Å². The minimum atomic E-state index is -4.37. The smallest absolute Gasteiger partial charge is 0.416 e. The van der Waals surface area contributed by atoms with Crippen LogP contribution in [-0.2, 0) is 6.18 Å². The molecule has 28 heavy (non-hydrogen) atoms. The number of aromatic carboxylic acids is 1. The second-order valence-electron chi connectivity index (χ2n) is 8.27. The Bertz CT molecular complexity index is 955. The van der Waals surface area contributed by atoms with Crippen molar-refractivity contribution in [3.63, 3.8) is 0 Å². The molecule has 1 N–H and O–H groups in total. The summed E-state index contributed by atoms with van der Waals surface area (Å²) < 4.78 is 39.7. The minimum absolute atomic E-state index is 0.152. The zero-order valence-electron chi connectivity index (χ0n) is 15.0. The van der Waals surface area contributed by atoms with Crippen LogP contribution in [0.15, 0.2) is 42.5 Å². The molecule has 0 spiro atoms. The zero-order chi connectivity index (χ0) is 19.6. The Hall–Kier alpha value is -2.50. The van der Waals surface area contributed by atoms with Crippen molar-refractivity contribution in [1.82, 2.24) is 0 Å². The highest BCUT2D eigenvalue weighted by molar-refractivity contribution is 5.87. The van der Waals surface area contributed by atoms with E-state index in [1.165, 1.54) is 18.2 Å². The molecule has 6 heteroatoms. The number of carbonyl (C=O) groups is 1. The highest BCUT2D eigenvalue weighted by Gasteiger charge is 2.54. The van der Waals surface area contributed by atoms with E-state index in [0.717, 1.165) is 36.6 Å². The molecule has 2 bridgehead atoms. The first-order valence-electron chi connectivity index (χ1n) is 9.62. The average molecular weight is 386 g/mol. The molecule has 3 aliphatic rings. The first-order chi connectivity index (χ1) is 13.3. The Balaban J connectivity index is 1.61. The van der Waals surface area contributed by atoms with E-state index in [9.17, 15) is 23.1 Å². The van der Waals surface area contributed by atoms with Gasteiger partial charge in [-0.15, -0.1) is 0 Å². The molecule has 2 aromatic carbocycles.